The zero-order chi connectivity index (χ0) is 14.7. The van der Waals surface area contributed by atoms with Gasteiger partial charge in [-0.25, -0.2) is 0 Å². The molecule has 0 aliphatic heterocycles. The number of aromatic nitrogens is 2. The van der Waals surface area contributed by atoms with Crippen LogP contribution in [0.1, 0.15) is 41.5 Å². The number of nitrogens with zero attached hydrogens (tertiary/aromatic N) is 2. The Bertz CT molecular complexity index is 614. The van der Waals surface area contributed by atoms with E-state index in [-0.39, 0.29) is 5.91 Å². The predicted molar refractivity (Wildman–Crippen MR) is 80.6 cm³/mol. The first-order valence-corrected chi connectivity index (χ1v) is 6.97. The lowest BCUT2D eigenvalue weighted by Crippen LogP contribution is -2.13. The van der Waals surface area contributed by atoms with Crippen LogP contribution in [0.5, 0.6) is 0 Å². The molecule has 4 nitrogen and oxygen atoms in total. The molecule has 2 aromatic rings. The smallest absolute Gasteiger partial charge is 0.251 e. The Hall–Kier alpha value is -2.10. The average molecular weight is 271 g/mol. The molecule has 0 spiro atoms. The molecule has 20 heavy (non-hydrogen) atoms. The van der Waals surface area contributed by atoms with Crippen LogP contribution >= 0.6 is 0 Å². The quantitative estimate of drug-likeness (QED) is 0.908. The van der Waals surface area contributed by atoms with Crippen molar-refractivity contribution in [3.63, 3.8) is 0 Å². The van der Waals surface area contributed by atoms with Gasteiger partial charge in [0.05, 0.1) is 5.56 Å². The topological polar surface area (TPSA) is 60.9 Å². The molecule has 0 aromatic carbocycles. The van der Waals surface area contributed by atoms with Crippen LogP contribution in [-0.2, 0) is 6.54 Å². The average Bonchev–Trinajstić information content (AvgIpc) is 2.69. The summed E-state index contributed by atoms with van der Waals surface area (Å²) in [5, 5.41) is 0. The zero-order valence-electron chi connectivity index (χ0n) is 12.3. The summed E-state index contributed by atoms with van der Waals surface area (Å²) < 4.78 is 2.19. The van der Waals surface area contributed by atoms with Crippen LogP contribution in [0.4, 0.5) is 0 Å². The number of carbonyl (C=O) groups excluding carboxylic acids is 1. The van der Waals surface area contributed by atoms with Gasteiger partial charge in [0.1, 0.15) is 0 Å². The number of amides is 1. The molecule has 2 heterocycles. The maximum Gasteiger partial charge on any atom is 0.251 e. The lowest BCUT2D eigenvalue weighted by atomic mass is 10.0. The monoisotopic (exact) mass is 271 g/mol. The van der Waals surface area contributed by atoms with Gasteiger partial charge >= 0.3 is 0 Å². The lowest BCUT2D eigenvalue weighted by molar-refractivity contribution is 0.1000. The van der Waals surface area contributed by atoms with Gasteiger partial charge in [-0.3, -0.25) is 9.78 Å². The second-order valence-electron chi connectivity index (χ2n) is 5.03. The first kappa shape index (κ1) is 14.3. The lowest BCUT2D eigenvalue weighted by Gasteiger charge is -2.08. The highest BCUT2D eigenvalue weighted by molar-refractivity contribution is 6.02. The fraction of sp³-hybridized carbons (Fsp3) is 0.375. The van der Waals surface area contributed by atoms with Gasteiger partial charge in [0.25, 0.3) is 5.91 Å². The van der Waals surface area contributed by atoms with Gasteiger partial charge in [-0.15, -0.1) is 0 Å². The van der Waals surface area contributed by atoms with Crippen molar-refractivity contribution in [3.05, 3.63) is 41.5 Å². The largest absolute Gasteiger partial charge is 0.366 e. The Morgan fingerprint density at radius 1 is 1.35 bits per heavy atom. The fourth-order valence-electron chi connectivity index (χ4n) is 2.70. The molecule has 2 aromatic heterocycles. The van der Waals surface area contributed by atoms with Crippen molar-refractivity contribution in [3.8, 4) is 11.1 Å². The summed E-state index contributed by atoms with van der Waals surface area (Å²) in [4.78, 5) is 16.0. The number of carbonyl (C=O) groups is 1. The molecule has 4 heteroatoms. The summed E-state index contributed by atoms with van der Waals surface area (Å²) in [6, 6.07) is 3.84. The molecule has 0 bridgehead atoms. The van der Waals surface area contributed by atoms with Gasteiger partial charge in [0, 0.05) is 41.5 Å². The number of rotatable bonds is 5. The van der Waals surface area contributed by atoms with Crippen molar-refractivity contribution in [2.75, 3.05) is 0 Å². The summed E-state index contributed by atoms with van der Waals surface area (Å²) in [6.45, 7) is 7.07. The third kappa shape index (κ3) is 2.46. The highest BCUT2D eigenvalue weighted by Gasteiger charge is 2.22. The molecule has 2 N–H and O–H groups in total. The minimum absolute atomic E-state index is 0.375. The second-order valence-corrected chi connectivity index (χ2v) is 5.03. The third-order valence-electron chi connectivity index (χ3n) is 3.72. The van der Waals surface area contributed by atoms with Gasteiger partial charge in [0.15, 0.2) is 0 Å². The van der Waals surface area contributed by atoms with Gasteiger partial charge in [-0.05, 0) is 26.3 Å². The van der Waals surface area contributed by atoms with Gasteiger partial charge < -0.3 is 10.3 Å². The fourth-order valence-corrected chi connectivity index (χ4v) is 2.70. The molecule has 2 rings (SSSR count). The maximum absolute atomic E-state index is 11.8. The van der Waals surface area contributed by atoms with E-state index in [1.807, 2.05) is 26.0 Å². The predicted octanol–water partition coefficient (Wildman–Crippen LogP) is 3.07. The van der Waals surface area contributed by atoms with E-state index in [9.17, 15) is 4.79 Å². The van der Waals surface area contributed by atoms with Crippen LogP contribution in [0, 0.1) is 13.8 Å². The second kappa shape index (κ2) is 5.90. The summed E-state index contributed by atoms with van der Waals surface area (Å²) in [5.74, 6) is -0.375. The Labute approximate surface area is 119 Å². The zero-order valence-corrected chi connectivity index (χ0v) is 12.3. The summed E-state index contributed by atoms with van der Waals surface area (Å²) in [5.41, 5.74) is 10.1. The van der Waals surface area contributed by atoms with E-state index >= 15 is 0 Å². The summed E-state index contributed by atoms with van der Waals surface area (Å²) in [7, 11) is 0. The molecule has 0 fully saturated rings. The molecule has 0 saturated heterocycles. The number of hydrogen-bond donors (Lipinski definition) is 1. The normalized spacial score (nSPS) is 10.8. The first-order valence-electron chi connectivity index (χ1n) is 6.97. The Morgan fingerprint density at radius 3 is 2.65 bits per heavy atom. The van der Waals surface area contributed by atoms with Crippen LogP contribution in [0.3, 0.4) is 0 Å². The number of hydrogen-bond acceptors (Lipinski definition) is 2. The van der Waals surface area contributed by atoms with E-state index in [2.05, 4.69) is 16.5 Å². The minimum Gasteiger partial charge on any atom is -0.366 e. The van der Waals surface area contributed by atoms with E-state index < -0.39 is 0 Å². The number of nitrogens with two attached hydrogens (primary N) is 1. The molecule has 0 aliphatic carbocycles. The van der Waals surface area contributed by atoms with Crippen LogP contribution in [0.25, 0.3) is 11.1 Å². The van der Waals surface area contributed by atoms with Gasteiger partial charge in [-0.2, -0.15) is 0 Å². The van der Waals surface area contributed by atoms with Crippen LogP contribution in [0.15, 0.2) is 24.5 Å². The van der Waals surface area contributed by atoms with E-state index in [1.54, 1.807) is 12.4 Å². The highest BCUT2D eigenvalue weighted by Crippen LogP contribution is 2.31. The number of primary amides is 1. The molecule has 0 atom stereocenters. The Morgan fingerprint density at radius 2 is 2.10 bits per heavy atom. The molecule has 0 saturated carbocycles. The molecule has 0 radical (unpaired) electrons. The molecular weight excluding hydrogens is 250 g/mol. The first-order chi connectivity index (χ1) is 9.57. The van der Waals surface area contributed by atoms with Crippen LogP contribution in [-0.4, -0.2) is 15.5 Å². The third-order valence-corrected chi connectivity index (χ3v) is 3.72. The van der Waals surface area contributed by atoms with Gasteiger partial charge in [-0.1, -0.05) is 19.4 Å². The standard InChI is InChI=1S/C16H21N3O/c1-4-5-9-19-11(2)14(13-7-6-8-18-10-13)15(12(19)3)16(17)20/h6-8,10H,4-5,9H2,1-3H3,(H2,17,20). The van der Waals surface area contributed by atoms with E-state index in [4.69, 9.17) is 5.73 Å². The summed E-state index contributed by atoms with van der Waals surface area (Å²) in [6.07, 6.45) is 5.70. The number of pyridine rings is 1. The van der Waals surface area contributed by atoms with Crippen LogP contribution < -0.4 is 5.73 Å². The summed E-state index contributed by atoms with van der Waals surface area (Å²) >= 11 is 0. The van der Waals surface area contributed by atoms with E-state index in [0.29, 0.717) is 5.56 Å². The molecule has 0 aliphatic rings. The molecule has 0 unspecified atom stereocenters. The highest BCUT2D eigenvalue weighted by atomic mass is 16.1. The van der Waals surface area contributed by atoms with Crippen molar-refractivity contribution in [2.45, 2.75) is 40.2 Å². The maximum atomic E-state index is 11.8. The van der Waals surface area contributed by atoms with Crippen LogP contribution in [0.2, 0.25) is 0 Å². The van der Waals surface area contributed by atoms with E-state index in [0.717, 1.165) is 41.9 Å². The molecule has 106 valence electrons. The van der Waals surface area contributed by atoms with Crippen molar-refractivity contribution < 1.29 is 4.79 Å². The van der Waals surface area contributed by atoms with Crippen molar-refractivity contribution in [2.24, 2.45) is 5.73 Å². The number of unbranched alkanes of at least 4 members (excludes halogenated alkanes) is 1. The molecular formula is C16H21N3O. The SMILES string of the molecule is CCCCn1c(C)c(C(N)=O)c(-c2cccnc2)c1C. The van der Waals surface area contributed by atoms with Crippen molar-refractivity contribution >= 4 is 5.91 Å². The van der Waals surface area contributed by atoms with E-state index in [1.165, 1.54) is 0 Å². The molecule has 1 amide bonds. The van der Waals surface area contributed by atoms with Gasteiger partial charge in [0.2, 0.25) is 0 Å². The van der Waals surface area contributed by atoms with Crippen molar-refractivity contribution in [1.82, 2.24) is 9.55 Å². The Balaban J connectivity index is 2.63. The minimum atomic E-state index is -0.375. The van der Waals surface area contributed by atoms with Crippen molar-refractivity contribution in [1.29, 1.82) is 0 Å². The Kier molecular flexibility index (Phi) is 4.23.